The summed E-state index contributed by atoms with van der Waals surface area (Å²) in [7, 11) is 1.25. The van der Waals surface area contributed by atoms with E-state index in [1.54, 1.807) is 20.8 Å². The van der Waals surface area contributed by atoms with Crippen LogP contribution >= 0.6 is 0 Å². The van der Waals surface area contributed by atoms with Crippen LogP contribution in [0, 0.1) is 0 Å². The zero-order chi connectivity index (χ0) is 16.2. The van der Waals surface area contributed by atoms with E-state index in [2.05, 4.69) is 10.1 Å². The Bertz CT molecular complexity index is 572. The molecule has 0 spiro atoms. The predicted octanol–water partition coefficient (Wildman–Crippen LogP) is 3.02. The van der Waals surface area contributed by atoms with Crippen LogP contribution < -0.4 is 5.32 Å². The SMILES string of the molecule is COC(=O)c1ccc(NC(=O)OC(C)(C)C)c(C(C)=O)c1. The van der Waals surface area contributed by atoms with Crippen molar-refractivity contribution >= 4 is 23.5 Å². The van der Waals surface area contributed by atoms with Crippen molar-refractivity contribution in [3.8, 4) is 0 Å². The molecule has 0 radical (unpaired) electrons. The Kier molecular flexibility index (Phi) is 5.07. The Morgan fingerprint density at radius 3 is 2.24 bits per heavy atom. The van der Waals surface area contributed by atoms with Crippen LogP contribution in [0.5, 0.6) is 0 Å². The van der Waals surface area contributed by atoms with Gasteiger partial charge in [-0.15, -0.1) is 0 Å². The maximum Gasteiger partial charge on any atom is 0.412 e. The zero-order valence-electron chi connectivity index (χ0n) is 12.8. The number of methoxy groups -OCH3 is 1. The van der Waals surface area contributed by atoms with Gasteiger partial charge in [0.25, 0.3) is 0 Å². The van der Waals surface area contributed by atoms with Crippen LogP contribution in [-0.2, 0) is 9.47 Å². The molecule has 0 saturated carbocycles. The Balaban J connectivity index is 3.05. The molecule has 1 aromatic carbocycles. The lowest BCUT2D eigenvalue weighted by Gasteiger charge is -2.20. The standard InChI is InChI=1S/C15H19NO5/c1-9(17)11-8-10(13(18)20-5)6-7-12(11)16-14(19)21-15(2,3)4/h6-8H,1-5H3,(H,16,19). The number of benzene rings is 1. The van der Waals surface area contributed by atoms with Crippen molar-refractivity contribution in [2.45, 2.75) is 33.3 Å². The number of rotatable bonds is 3. The molecular formula is C15H19NO5. The summed E-state index contributed by atoms with van der Waals surface area (Å²) in [5, 5.41) is 2.50. The lowest BCUT2D eigenvalue weighted by atomic mass is 10.1. The lowest BCUT2D eigenvalue weighted by Crippen LogP contribution is -2.27. The number of esters is 1. The fourth-order valence-electron chi connectivity index (χ4n) is 1.60. The van der Waals surface area contributed by atoms with Gasteiger partial charge in [-0.1, -0.05) is 0 Å². The van der Waals surface area contributed by atoms with E-state index in [1.165, 1.54) is 32.2 Å². The molecule has 0 bridgehead atoms. The molecule has 1 amide bonds. The Morgan fingerprint density at radius 1 is 1.14 bits per heavy atom. The highest BCUT2D eigenvalue weighted by molar-refractivity contribution is 6.04. The van der Waals surface area contributed by atoms with Gasteiger partial charge in [0.05, 0.1) is 18.4 Å². The largest absolute Gasteiger partial charge is 0.465 e. The lowest BCUT2D eigenvalue weighted by molar-refractivity contribution is 0.0599. The molecule has 0 unspecified atom stereocenters. The molecule has 0 aliphatic carbocycles. The maximum atomic E-state index is 11.7. The minimum atomic E-state index is -0.671. The molecule has 114 valence electrons. The van der Waals surface area contributed by atoms with Crippen LogP contribution in [0.3, 0.4) is 0 Å². The number of carbonyl (C=O) groups is 3. The second-order valence-corrected chi connectivity index (χ2v) is 5.44. The van der Waals surface area contributed by atoms with E-state index in [0.717, 1.165) is 0 Å². The number of ether oxygens (including phenoxy) is 2. The first-order valence-corrected chi connectivity index (χ1v) is 6.37. The van der Waals surface area contributed by atoms with E-state index in [4.69, 9.17) is 4.74 Å². The van der Waals surface area contributed by atoms with Gasteiger partial charge in [0.15, 0.2) is 5.78 Å². The number of hydrogen-bond donors (Lipinski definition) is 1. The summed E-state index contributed by atoms with van der Waals surface area (Å²) < 4.78 is 9.72. The highest BCUT2D eigenvalue weighted by Crippen LogP contribution is 2.20. The number of ketones is 1. The molecule has 0 atom stereocenters. The quantitative estimate of drug-likeness (QED) is 0.684. The first-order chi connectivity index (χ1) is 9.64. The van der Waals surface area contributed by atoms with Gasteiger partial charge >= 0.3 is 12.1 Å². The monoisotopic (exact) mass is 293 g/mol. The third-order valence-electron chi connectivity index (χ3n) is 2.46. The van der Waals surface area contributed by atoms with Gasteiger partial charge in [-0.05, 0) is 45.9 Å². The summed E-state index contributed by atoms with van der Waals surface area (Å²) in [5.74, 6) is -0.840. The molecule has 6 heteroatoms. The molecule has 6 nitrogen and oxygen atoms in total. The van der Waals surface area contributed by atoms with Crippen molar-refractivity contribution in [1.29, 1.82) is 0 Å². The predicted molar refractivity (Wildman–Crippen MR) is 77.6 cm³/mol. The van der Waals surface area contributed by atoms with Crippen LogP contribution in [0.15, 0.2) is 18.2 Å². The van der Waals surface area contributed by atoms with Gasteiger partial charge in [-0.2, -0.15) is 0 Å². The van der Waals surface area contributed by atoms with E-state index < -0.39 is 17.7 Å². The first kappa shape index (κ1) is 16.7. The average Bonchev–Trinajstić information content (AvgIpc) is 2.35. The van der Waals surface area contributed by atoms with Crippen LogP contribution in [0.2, 0.25) is 0 Å². The Hall–Kier alpha value is -2.37. The normalized spacial score (nSPS) is 10.7. The Morgan fingerprint density at radius 2 is 1.76 bits per heavy atom. The van der Waals surface area contributed by atoms with Crippen LogP contribution in [0.25, 0.3) is 0 Å². The van der Waals surface area contributed by atoms with E-state index in [1.807, 2.05) is 0 Å². The van der Waals surface area contributed by atoms with E-state index >= 15 is 0 Å². The van der Waals surface area contributed by atoms with Crippen molar-refractivity contribution in [3.05, 3.63) is 29.3 Å². The molecule has 0 aliphatic rings. The number of hydrogen-bond acceptors (Lipinski definition) is 5. The molecule has 0 saturated heterocycles. The number of carbonyl (C=O) groups excluding carboxylic acids is 3. The van der Waals surface area contributed by atoms with E-state index in [9.17, 15) is 14.4 Å². The van der Waals surface area contributed by atoms with Crippen LogP contribution in [0.4, 0.5) is 10.5 Å². The smallest absolute Gasteiger partial charge is 0.412 e. The molecule has 0 aromatic heterocycles. The van der Waals surface area contributed by atoms with Gasteiger partial charge in [-0.25, -0.2) is 9.59 Å². The number of nitrogens with one attached hydrogen (secondary N) is 1. The zero-order valence-corrected chi connectivity index (χ0v) is 12.8. The van der Waals surface area contributed by atoms with Crippen molar-refractivity contribution in [3.63, 3.8) is 0 Å². The summed E-state index contributed by atoms with van der Waals surface area (Å²) in [6.07, 6.45) is -0.671. The molecular weight excluding hydrogens is 274 g/mol. The maximum absolute atomic E-state index is 11.7. The second kappa shape index (κ2) is 6.39. The van der Waals surface area contributed by atoms with Gasteiger partial charge in [0.1, 0.15) is 5.60 Å². The van der Waals surface area contributed by atoms with Gasteiger partial charge < -0.3 is 9.47 Å². The molecule has 1 N–H and O–H groups in total. The summed E-state index contributed by atoms with van der Waals surface area (Å²) >= 11 is 0. The summed E-state index contributed by atoms with van der Waals surface area (Å²) in [5.41, 5.74) is 0.0810. The minimum absolute atomic E-state index is 0.212. The molecule has 0 heterocycles. The molecule has 1 rings (SSSR count). The first-order valence-electron chi connectivity index (χ1n) is 6.37. The van der Waals surface area contributed by atoms with Crippen LogP contribution in [0.1, 0.15) is 48.4 Å². The highest BCUT2D eigenvalue weighted by Gasteiger charge is 2.19. The molecule has 0 aliphatic heterocycles. The van der Waals surface area contributed by atoms with Gasteiger partial charge in [0, 0.05) is 5.56 Å². The topological polar surface area (TPSA) is 81.7 Å². The fraction of sp³-hybridized carbons (Fsp3) is 0.400. The van der Waals surface area contributed by atoms with Crippen molar-refractivity contribution in [2.24, 2.45) is 0 Å². The second-order valence-electron chi connectivity index (χ2n) is 5.44. The summed E-state index contributed by atoms with van der Waals surface area (Å²) in [6.45, 7) is 6.55. The van der Waals surface area contributed by atoms with Crippen molar-refractivity contribution < 1.29 is 23.9 Å². The van der Waals surface area contributed by atoms with Crippen molar-refractivity contribution in [2.75, 3.05) is 12.4 Å². The number of anilines is 1. The third-order valence-corrected chi connectivity index (χ3v) is 2.46. The minimum Gasteiger partial charge on any atom is -0.465 e. The molecule has 0 fully saturated rings. The van der Waals surface area contributed by atoms with Gasteiger partial charge in [0.2, 0.25) is 0 Å². The average molecular weight is 293 g/mol. The molecule has 21 heavy (non-hydrogen) atoms. The molecule has 1 aromatic rings. The van der Waals surface area contributed by atoms with E-state index in [-0.39, 0.29) is 22.6 Å². The summed E-state index contributed by atoms with van der Waals surface area (Å²) in [4.78, 5) is 34.9. The summed E-state index contributed by atoms with van der Waals surface area (Å²) in [6, 6.07) is 4.30. The third kappa shape index (κ3) is 4.91. The number of Topliss-reactive ketones (excluding diaryl/α,β-unsaturated/α-hetero) is 1. The number of amides is 1. The van der Waals surface area contributed by atoms with E-state index in [0.29, 0.717) is 0 Å². The Labute approximate surface area is 123 Å². The highest BCUT2D eigenvalue weighted by atomic mass is 16.6. The fourth-order valence-corrected chi connectivity index (χ4v) is 1.60. The van der Waals surface area contributed by atoms with Crippen molar-refractivity contribution in [1.82, 2.24) is 0 Å². The van der Waals surface area contributed by atoms with Gasteiger partial charge in [-0.3, -0.25) is 10.1 Å². The van der Waals surface area contributed by atoms with Crippen LogP contribution in [-0.4, -0.2) is 30.6 Å².